The summed E-state index contributed by atoms with van der Waals surface area (Å²) >= 11 is 6.24. The molecule has 0 aromatic carbocycles. The van der Waals surface area contributed by atoms with Gasteiger partial charge in [-0.1, -0.05) is 6.07 Å². The summed E-state index contributed by atoms with van der Waals surface area (Å²) in [4.78, 5) is 6.65. The Balaban J connectivity index is 2.17. The van der Waals surface area contributed by atoms with Crippen LogP contribution < -0.4 is 4.90 Å². The number of halogens is 1. The molecule has 0 aliphatic carbocycles. The highest BCUT2D eigenvalue weighted by molar-refractivity contribution is 6.21. The second-order valence-corrected chi connectivity index (χ2v) is 4.34. The van der Waals surface area contributed by atoms with Crippen LogP contribution in [-0.2, 0) is 0 Å². The molecule has 0 spiro atoms. The molecule has 3 heteroatoms. The van der Waals surface area contributed by atoms with Gasteiger partial charge in [0.1, 0.15) is 5.82 Å². The highest BCUT2D eigenvalue weighted by atomic mass is 35.5. The van der Waals surface area contributed by atoms with Gasteiger partial charge in [0.15, 0.2) is 0 Å². The number of hydrogen-bond donors (Lipinski definition) is 0. The van der Waals surface area contributed by atoms with Crippen molar-refractivity contribution >= 4 is 17.4 Å². The zero-order valence-electron chi connectivity index (χ0n) is 8.36. The molecule has 0 amide bonds. The number of alkyl halides is 1. The maximum atomic E-state index is 6.24. The average molecular weight is 211 g/mol. The summed E-state index contributed by atoms with van der Waals surface area (Å²) in [6.45, 7) is 3.24. The second-order valence-electron chi connectivity index (χ2n) is 3.78. The van der Waals surface area contributed by atoms with E-state index >= 15 is 0 Å². The fourth-order valence-electron chi connectivity index (χ4n) is 1.94. The molecule has 0 N–H and O–H groups in total. The van der Waals surface area contributed by atoms with Crippen LogP contribution >= 0.6 is 11.6 Å². The first-order valence-electron chi connectivity index (χ1n) is 5.11. The van der Waals surface area contributed by atoms with Crippen LogP contribution in [-0.4, -0.2) is 22.9 Å². The summed E-state index contributed by atoms with van der Waals surface area (Å²) in [5, 5.41) is 0.255. The Labute approximate surface area is 89.9 Å². The van der Waals surface area contributed by atoms with E-state index < -0.39 is 0 Å². The number of rotatable bonds is 1. The number of piperidine rings is 1. The van der Waals surface area contributed by atoms with E-state index in [1.54, 1.807) is 0 Å². The van der Waals surface area contributed by atoms with E-state index in [2.05, 4.69) is 16.8 Å². The molecule has 1 aliphatic heterocycles. The number of aromatic nitrogens is 1. The van der Waals surface area contributed by atoms with Gasteiger partial charge in [0.2, 0.25) is 0 Å². The summed E-state index contributed by atoms with van der Waals surface area (Å²) in [5.41, 5.74) is 0. The highest BCUT2D eigenvalue weighted by Gasteiger charge is 2.26. The summed E-state index contributed by atoms with van der Waals surface area (Å²) in [6, 6.07) is 6.40. The molecule has 1 aromatic rings. The van der Waals surface area contributed by atoms with E-state index in [4.69, 9.17) is 11.6 Å². The lowest BCUT2D eigenvalue weighted by Crippen LogP contribution is -2.44. The highest BCUT2D eigenvalue weighted by Crippen LogP contribution is 2.25. The summed E-state index contributed by atoms with van der Waals surface area (Å²) in [5.74, 6) is 1.05. The first-order valence-corrected chi connectivity index (χ1v) is 5.54. The van der Waals surface area contributed by atoms with Crippen LogP contribution in [0, 0.1) is 0 Å². The van der Waals surface area contributed by atoms with Gasteiger partial charge in [-0.25, -0.2) is 4.98 Å². The van der Waals surface area contributed by atoms with Crippen LogP contribution in [0.15, 0.2) is 24.4 Å². The first-order chi connectivity index (χ1) is 6.79. The lowest BCUT2D eigenvalue weighted by molar-refractivity contribution is 0.488. The zero-order valence-corrected chi connectivity index (χ0v) is 9.11. The van der Waals surface area contributed by atoms with Crippen molar-refractivity contribution in [2.24, 2.45) is 0 Å². The van der Waals surface area contributed by atoms with Gasteiger partial charge in [0.25, 0.3) is 0 Å². The molecular formula is C11H15ClN2. The second kappa shape index (κ2) is 4.18. The molecule has 1 aliphatic rings. The Morgan fingerprint density at radius 2 is 2.36 bits per heavy atom. The van der Waals surface area contributed by atoms with Gasteiger partial charge >= 0.3 is 0 Å². The predicted octanol–water partition coefficient (Wildman–Crippen LogP) is 2.68. The topological polar surface area (TPSA) is 16.1 Å². The number of anilines is 1. The van der Waals surface area contributed by atoms with E-state index in [9.17, 15) is 0 Å². The largest absolute Gasteiger partial charge is 0.352 e. The zero-order chi connectivity index (χ0) is 9.97. The van der Waals surface area contributed by atoms with Gasteiger partial charge in [-0.2, -0.15) is 0 Å². The number of nitrogens with zero attached hydrogens (tertiary/aromatic N) is 2. The molecule has 76 valence electrons. The molecule has 2 heterocycles. The van der Waals surface area contributed by atoms with E-state index in [1.807, 2.05) is 24.4 Å². The van der Waals surface area contributed by atoms with Crippen LogP contribution in [0.25, 0.3) is 0 Å². The Morgan fingerprint density at radius 3 is 3.07 bits per heavy atom. The number of hydrogen-bond acceptors (Lipinski definition) is 2. The molecule has 2 nitrogen and oxygen atoms in total. The van der Waals surface area contributed by atoms with Crippen LogP contribution in [0.3, 0.4) is 0 Å². The smallest absolute Gasteiger partial charge is 0.128 e. The Morgan fingerprint density at radius 1 is 1.50 bits per heavy atom. The molecule has 14 heavy (non-hydrogen) atoms. The van der Waals surface area contributed by atoms with Crippen molar-refractivity contribution in [3.63, 3.8) is 0 Å². The monoisotopic (exact) mass is 210 g/mol. The lowest BCUT2D eigenvalue weighted by Gasteiger charge is -2.37. The van der Waals surface area contributed by atoms with Crippen LogP contribution in [0.4, 0.5) is 5.82 Å². The van der Waals surface area contributed by atoms with Gasteiger partial charge in [0.05, 0.1) is 5.38 Å². The Hall–Kier alpha value is -0.760. The predicted molar refractivity (Wildman–Crippen MR) is 59.9 cm³/mol. The standard InChI is InChI=1S/C11H15ClN2/c1-9-10(12)5-4-8-14(9)11-6-2-3-7-13-11/h2-3,6-7,9-10H,4-5,8H2,1H3. The van der Waals surface area contributed by atoms with Gasteiger partial charge in [0, 0.05) is 18.8 Å². The van der Waals surface area contributed by atoms with Crippen LogP contribution in [0.1, 0.15) is 19.8 Å². The minimum atomic E-state index is 0.255. The Kier molecular flexibility index (Phi) is 2.92. The molecule has 1 saturated heterocycles. The van der Waals surface area contributed by atoms with Crippen LogP contribution in [0.2, 0.25) is 0 Å². The van der Waals surface area contributed by atoms with Crippen molar-refractivity contribution in [1.29, 1.82) is 0 Å². The molecule has 0 saturated carbocycles. The van der Waals surface area contributed by atoms with Crippen molar-refractivity contribution in [2.75, 3.05) is 11.4 Å². The molecule has 2 atom stereocenters. The lowest BCUT2D eigenvalue weighted by atomic mass is 10.0. The third-order valence-corrected chi connectivity index (χ3v) is 3.42. The molecule has 1 aromatic heterocycles. The third-order valence-electron chi connectivity index (χ3n) is 2.84. The first kappa shape index (κ1) is 9.78. The minimum absolute atomic E-state index is 0.255. The maximum Gasteiger partial charge on any atom is 0.128 e. The fourth-order valence-corrected chi connectivity index (χ4v) is 2.23. The van der Waals surface area contributed by atoms with Crippen molar-refractivity contribution in [3.8, 4) is 0 Å². The van der Waals surface area contributed by atoms with Crippen molar-refractivity contribution in [3.05, 3.63) is 24.4 Å². The molecule has 0 radical (unpaired) electrons. The molecule has 2 rings (SSSR count). The van der Waals surface area contributed by atoms with Gasteiger partial charge in [-0.05, 0) is 31.9 Å². The van der Waals surface area contributed by atoms with Crippen molar-refractivity contribution in [1.82, 2.24) is 4.98 Å². The molecular weight excluding hydrogens is 196 g/mol. The third kappa shape index (κ3) is 1.85. The fraction of sp³-hybridized carbons (Fsp3) is 0.545. The van der Waals surface area contributed by atoms with Gasteiger partial charge in [-0.3, -0.25) is 0 Å². The van der Waals surface area contributed by atoms with E-state index in [1.165, 1.54) is 0 Å². The SMILES string of the molecule is CC1C(Cl)CCCN1c1ccccn1. The molecule has 2 unspecified atom stereocenters. The van der Waals surface area contributed by atoms with Gasteiger partial charge in [-0.15, -0.1) is 11.6 Å². The summed E-state index contributed by atoms with van der Waals surface area (Å²) in [7, 11) is 0. The molecule has 1 fully saturated rings. The maximum absolute atomic E-state index is 6.24. The number of pyridine rings is 1. The van der Waals surface area contributed by atoms with Crippen molar-refractivity contribution in [2.45, 2.75) is 31.2 Å². The average Bonchev–Trinajstić information content (AvgIpc) is 2.23. The quantitative estimate of drug-likeness (QED) is 0.663. The Bertz CT molecular complexity index is 289. The molecule has 0 bridgehead atoms. The van der Waals surface area contributed by atoms with E-state index in [-0.39, 0.29) is 5.38 Å². The van der Waals surface area contributed by atoms with E-state index in [0.29, 0.717) is 6.04 Å². The summed E-state index contributed by atoms with van der Waals surface area (Å²) < 4.78 is 0. The normalized spacial score (nSPS) is 27.7. The van der Waals surface area contributed by atoms with E-state index in [0.717, 1.165) is 25.2 Å². The van der Waals surface area contributed by atoms with Gasteiger partial charge < -0.3 is 4.90 Å². The van der Waals surface area contributed by atoms with Crippen molar-refractivity contribution < 1.29 is 0 Å². The minimum Gasteiger partial charge on any atom is -0.352 e. The van der Waals surface area contributed by atoms with Crippen LogP contribution in [0.5, 0.6) is 0 Å². The summed E-state index contributed by atoms with van der Waals surface area (Å²) in [6.07, 6.45) is 4.11.